The summed E-state index contributed by atoms with van der Waals surface area (Å²) in [5.41, 5.74) is 1.28. The molecule has 2 heterocycles. The van der Waals surface area contributed by atoms with Crippen molar-refractivity contribution in [2.24, 2.45) is 7.05 Å². The van der Waals surface area contributed by atoms with Gasteiger partial charge in [-0.3, -0.25) is 4.79 Å². The summed E-state index contributed by atoms with van der Waals surface area (Å²) >= 11 is 0. The average molecular weight is 402 g/mol. The molecule has 1 atom stereocenters. The van der Waals surface area contributed by atoms with Gasteiger partial charge in [-0.2, -0.15) is 0 Å². The number of piperidine rings is 1. The van der Waals surface area contributed by atoms with E-state index in [1.54, 1.807) is 0 Å². The van der Waals surface area contributed by atoms with Crippen molar-refractivity contribution in [3.05, 3.63) is 30.1 Å². The van der Waals surface area contributed by atoms with Crippen LogP contribution in [0, 0.1) is 0 Å². The predicted molar refractivity (Wildman–Crippen MR) is 80.1 cm³/mol. The molecule has 0 saturated carbocycles. The highest BCUT2D eigenvalue weighted by Crippen LogP contribution is 2.30. The first-order valence-corrected chi connectivity index (χ1v) is 7.97. The van der Waals surface area contributed by atoms with Crippen LogP contribution >= 0.6 is 0 Å². The normalized spacial score (nSPS) is 18.2. The highest BCUT2D eigenvalue weighted by atomic mass is 127. The van der Waals surface area contributed by atoms with E-state index in [4.69, 9.17) is 0 Å². The summed E-state index contributed by atoms with van der Waals surface area (Å²) in [6.07, 6.45) is 11.7. The summed E-state index contributed by atoms with van der Waals surface area (Å²) in [6, 6.07) is 4.51. The molecule has 1 aromatic rings. The van der Waals surface area contributed by atoms with Crippen LogP contribution in [0.1, 0.15) is 63.5 Å². The lowest BCUT2D eigenvalue weighted by molar-refractivity contribution is -0.672. The third-order valence-corrected chi connectivity index (χ3v) is 4.16. The highest BCUT2D eigenvalue weighted by Gasteiger charge is 2.28. The third kappa shape index (κ3) is 5.24. The summed E-state index contributed by atoms with van der Waals surface area (Å²) in [5, 5.41) is 0. The molecule has 118 valence electrons. The van der Waals surface area contributed by atoms with Crippen LogP contribution in [0.2, 0.25) is 0 Å². The molecule has 21 heavy (non-hydrogen) atoms. The van der Waals surface area contributed by atoms with Crippen molar-refractivity contribution >= 4 is 5.91 Å². The minimum atomic E-state index is 0. The van der Waals surface area contributed by atoms with Gasteiger partial charge in [0.1, 0.15) is 7.05 Å². The molecule has 1 saturated heterocycles. The number of amides is 1. The van der Waals surface area contributed by atoms with Crippen LogP contribution in [0.4, 0.5) is 0 Å². The zero-order valence-corrected chi connectivity index (χ0v) is 15.4. The number of carbonyl (C=O) groups is 1. The molecular formula is C17H27IN2O. The van der Waals surface area contributed by atoms with Gasteiger partial charge < -0.3 is 28.9 Å². The van der Waals surface area contributed by atoms with E-state index < -0.39 is 0 Å². The number of hydrogen-bond acceptors (Lipinski definition) is 1. The highest BCUT2D eigenvalue weighted by molar-refractivity contribution is 5.76. The van der Waals surface area contributed by atoms with Gasteiger partial charge in [-0.25, -0.2) is 4.57 Å². The van der Waals surface area contributed by atoms with E-state index in [1.165, 1.54) is 18.4 Å². The molecule has 0 aromatic carbocycles. The number of nitrogens with zero attached hydrogens (tertiary/aromatic N) is 2. The minimum Gasteiger partial charge on any atom is -1.00 e. The Kier molecular flexibility index (Phi) is 8.22. The number of unbranched alkanes of at least 4 members (excludes halogenated alkanes) is 2. The Morgan fingerprint density at radius 3 is 2.90 bits per heavy atom. The lowest BCUT2D eigenvalue weighted by atomic mass is 9.95. The van der Waals surface area contributed by atoms with Crippen molar-refractivity contribution in [1.29, 1.82) is 0 Å². The largest absolute Gasteiger partial charge is 1.00 e. The molecule has 0 bridgehead atoms. The number of pyridine rings is 1. The maximum Gasteiger partial charge on any atom is 0.223 e. The van der Waals surface area contributed by atoms with Gasteiger partial charge in [-0.1, -0.05) is 19.8 Å². The average Bonchev–Trinajstić information content (AvgIpc) is 2.47. The van der Waals surface area contributed by atoms with Gasteiger partial charge in [-0.15, -0.1) is 0 Å². The Balaban J connectivity index is 0.00000220. The number of carbonyl (C=O) groups excluding carboxylic acids is 1. The summed E-state index contributed by atoms with van der Waals surface area (Å²) in [6.45, 7) is 3.10. The van der Waals surface area contributed by atoms with Gasteiger partial charge in [-0.05, 0) is 31.7 Å². The fraction of sp³-hybridized carbons (Fsp3) is 0.647. The molecule has 0 aliphatic carbocycles. The van der Waals surface area contributed by atoms with Crippen molar-refractivity contribution in [2.75, 3.05) is 6.54 Å². The molecule has 1 amide bonds. The molecular weight excluding hydrogens is 375 g/mol. The van der Waals surface area contributed by atoms with E-state index in [-0.39, 0.29) is 30.0 Å². The van der Waals surface area contributed by atoms with Gasteiger partial charge in [0, 0.05) is 24.6 Å². The Morgan fingerprint density at radius 1 is 1.38 bits per heavy atom. The molecule has 4 heteroatoms. The topological polar surface area (TPSA) is 24.2 Å². The van der Waals surface area contributed by atoms with Crippen molar-refractivity contribution in [3.63, 3.8) is 0 Å². The van der Waals surface area contributed by atoms with Gasteiger partial charge in [0.25, 0.3) is 0 Å². The smallest absolute Gasteiger partial charge is 0.223 e. The lowest BCUT2D eigenvalue weighted by Crippen LogP contribution is -3.00. The fourth-order valence-electron chi connectivity index (χ4n) is 3.05. The van der Waals surface area contributed by atoms with Crippen molar-refractivity contribution in [3.8, 4) is 0 Å². The van der Waals surface area contributed by atoms with E-state index in [0.717, 1.165) is 32.2 Å². The van der Waals surface area contributed by atoms with Gasteiger partial charge in [0.15, 0.2) is 12.4 Å². The van der Waals surface area contributed by atoms with E-state index in [2.05, 4.69) is 34.7 Å². The Hall–Kier alpha value is -0.650. The van der Waals surface area contributed by atoms with E-state index >= 15 is 0 Å². The molecule has 1 aliphatic rings. The minimum absolute atomic E-state index is 0. The quantitative estimate of drug-likeness (QED) is 0.391. The van der Waals surface area contributed by atoms with Crippen LogP contribution in [-0.4, -0.2) is 17.4 Å². The Morgan fingerprint density at radius 2 is 2.19 bits per heavy atom. The van der Waals surface area contributed by atoms with Crippen LogP contribution in [-0.2, 0) is 11.8 Å². The van der Waals surface area contributed by atoms with Crippen molar-refractivity contribution in [2.45, 2.75) is 57.9 Å². The molecule has 2 rings (SSSR count). The van der Waals surface area contributed by atoms with Gasteiger partial charge in [0.05, 0.1) is 6.04 Å². The van der Waals surface area contributed by atoms with E-state index in [0.29, 0.717) is 12.3 Å². The van der Waals surface area contributed by atoms with Gasteiger partial charge in [0.2, 0.25) is 5.91 Å². The second-order valence-corrected chi connectivity index (χ2v) is 5.86. The number of rotatable bonds is 5. The van der Waals surface area contributed by atoms with Crippen LogP contribution < -0.4 is 28.5 Å². The summed E-state index contributed by atoms with van der Waals surface area (Å²) < 4.78 is 2.07. The summed E-state index contributed by atoms with van der Waals surface area (Å²) in [4.78, 5) is 14.6. The van der Waals surface area contributed by atoms with Crippen LogP contribution in [0.25, 0.3) is 0 Å². The molecule has 1 aliphatic heterocycles. The fourth-order valence-corrected chi connectivity index (χ4v) is 3.05. The monoisotopic (exact) mass is 402 g/mol. The number of likely N-dealkylation sites (tertiary alicyclic amines) is 1. The molecule has 0 radical (unpaired) electrons. The Labute approximate surface area is 145 Å². The zero-order chi connectivity index (χ0) is 14.4. The number of aromatic nitrogens is 1. The van der Waals surface area contributed by atoms with Crippen molar-refractivity contribution in [1.82, 2.24) is 4.90 Å². The van der Waals surface area contributed by atoms with Crippen LogP contribution in [0.5, 0.6) is 0 Å². The molecule has 0 spiro atoms. The summed E-state index contributed by atoms with van der Waals surface area (Å²) in [7, 11) is 2.04. The zero-order valence-electron chi connectivity index (χ0n) is 13.2. The second-order valence-electron chi connectivity index (χ2n) is 5.86. The number of halogens is 1. The van der Waals surface area contributed by atoms with E-state index in [1.807, 2.05) is 13.2 Å². The first-order chi connectivity index (χ1) is 9.72. The molecule has 0 N–H and O–H groups in total. The van der Waals surface area contributed by atoms with Crippen LogP contribution in [0.15, 0.2) is 24.5 Å². The first-order valence-electron chi connectivity index (χ1n) is 7.97. The maximum absolute atomic E-state index is 12.5. The summed E-state index contributed by atoms with van der Waals surface area (Å²) in [5.74, 6) is 0.342. The lowest BCUT2D eigenvalue weighted by Gasteiger charge is -2.35. The standard InChI is InChI=1S/C17H27N2O.HI/c1-3-4-5-11-17(20)19-13-7-6-10-16(19)15-9-8-12-18(2)14-15;/h8-9,12,14,16H,3-7,10-11,13H2,1-2H3;1H/q+1;/p-1. The Bertz CT molecular complexity index is 450. The predicted octanol–water partition coefficient (Wildman–Crippen LogP) is 0.149. The molecule has 1 unspecified atom stereocenters. The van der Waals surface area contributed by atoms with Gasteiger partial charge >= 0.3 is 0 Å². The van der Waals surface area contributed by atoms with Crippen molar-refractivity contribution < 1.29 is 33.3 Å². The number of aryl methyl sites for hydroxylation is 1. The number of hydrogen-bond donors (Lipinski definition) is 0. The molecule has 1 fully saturated rings. The molecule has 3 nitrogen and oxygen atoms in total. The maximum atomic E-state index is 12.5. The van der Waals surface area contributed by atoms with E-state index in [9.17, 15) is 4.79 Å². The SMILES string of the molecule is CCCCCC(=O)N1CCCCC1c1ccc[n+](C)c1.[I-]. The molecule has 1 aromatic heterocycles. The third-order valence-electron chi connectivity index (χ3n) is 4.16. The van der Waals surface area contributed by atoms with Crippen LogP contribution in [0.3, 0.4) is 0 Å². The second kappa shape index (κ2) is 9.38. The first kappa shape index (κ1) is 18.4.